The van der Waals surface area contributed by atoms with Crippen LogP contribution < -0.4 is 10.5 Å². The fraction of sp³-hybridized carbons (Fsp3) is 0.571. The van der Waals surface area contributed by atoms with Crippen LogP contribution in [0.2, 0.25) is 5.02 Å². The molecule has 0 amide bonds. The highest BCUT2D eigenvalue weighted by atomic mass is 35.5. The van der Waals surface area contributed by atoms with Gasteiger partial charge >= 0.3 is 0 Å². The van der Waals surface area contributed by atoms with E-state index in [1.54, 1.807) is 13.0 Å². The maximum absolute atomic E-state index is 12.2. The topological polar surface area (TPSA) is 72.2 Å². The van der Waals surface area contributed by atoms with Crippen molar-refractivity contribution in [3.63, 3.8) is 0 Å². The van der Waals surface area contributed by atoms with Crippen LogP contribution in [0.4, 0.5) is 5.69 Å². The lowest BCUT2D eigenvalue weighted by molar-refractivity contribution is 0.495. The van der Waals surface area contributed by atoms with Gasteiger partial charge in [-0.2, -0.15) is 0 Å². The van der Waals surface area contributed by atoms with Crippen LogP contribution in [-0.4, -0.2) is 15.0 Å². The van der Waals surface area contributed by atoms with E-state index in [1.165, 1.54) is 31.7 Å². The highest BCUT2D eigenvalue weighted by Gasteiger charge is 2.20. The maximum atomic E-state index is 12.2. The summed E-state index contributed by atoms with van der Waals surface area (Å²) >= 11 is 6.02. The molecule has 0 saturated heterocycles. The van der Waals surface area contributed by atoms with Crippen LogP contribution in [0.25, 0.3) is 0 Å². The quantitative estimate of drug-likeness (QED) is 0.820. The smallest absolute Gasteiger partial charge is 0.242 e. The Bertz CT molecular complexity index is 581. The van der Waals surface area contributed by atoms with E-state index >= 15 is 0 Å². The number of aryl methyl sites for hydroxylation is 1. The number of nitrogens with two attached hydrogens (primary N) is 1. The average Bonchev–Trinajstić information content (AvgIpc) is 2.86. The Morgan fingerprint density at radius 2 is 2.00 bits per heavy atom. The first-order valence-corrected chi connectivity index (χ1v) is 8.81. The third-order valence-corrected chi connectivity index (χ3v) is 5.86. The zero-order valence-corrected chi connectivity index (χ0v) is 13.2. The standard InChI is InChI=1S/C14H21ClN2O2S/c1-10-8-12(15)14(9-13(10)16)20(18,19)17-7-6-11-4-2-3-5-11/h8-9,11,17H,2-7,16H2,1H3. The van der Waals surface area contributed by atoms with Gasteiger partial charge in [0.1, 0.15) is 4.90 Å². The predicted octanol–water partition coefficient (Wildman–Crippen LogP) is 3.09. The predicted molar refractivity (Wildman–Crippen MR) is 82.4 cm³/mol. The second kappa shape index (κ2) is 6.33. The molecule has 6 heteroatoms. The minimum Gasteiger partial charge on any atom is -0.398 e. The molecule has 0 atom stereocenters. The Labute approximate surface area is 125 Å². The minimum absolute atomic E-state index is 0.0636. The van der Waals surface area contributed by atoms with Gasteiger partial charge in [0, 0.05) is 12.2 Å². The molecule has 0 spiro atoms. The van der Waals surface area contributed by atoms with E-state index in [9.17, 15) is 8.42 Å². The van der Waals surface area contributed by atoms with Crippen LogP contribution in [0, 0.1) is 12.8 Å². The molecule has 1 aliphatic carbocycles. The molecule has 112 valence electrons. The number of nitrogen functional groups attached to an aromatic ring is 1. The van der Waals surface area contributed by atoms with Gasteiger partial charge in [-0.15, -0.1) is 0 Å². The fourth-order valence-corrected chi connectivity index (χ4v) is 4.31. The molecule has 0 aliphatic heterocycles. The van der Waals surface area contributed by atoms with Crippen LogP contribution in [0.3, 0.4) is 0 Å². The van der Waals surface area contributed by atoms with Gasteiger partial charge < -0.3 is 5.73 Å². The van der Waals surface area contributed by atoms with E-state index in [1.807, 2.05) is 0 Å². The van der Waals surface area contributed by atoms with Crippen molar-refractivity contribution < 1.29 is 8.42 Å². The Morgan fingerprint density at radius 3 is 2.65 bits per heavy atom. The first-order valence-electron chi connectivity index (χ1n) is 6.95. The van der Waals surface area contributed by atoms with Gasteiger partial charge in [0.25, 0.3) is 0 Å². The monoisotopic (exact) mass is 316 g/mol. The summed E-state index contributed by atoms with van der Waals surface area (Å²) in [6, 6.07) is 3.01. The summed E-state index contributed by atoms with van der Waals surface area (Å²) in [6.07, 6.45) is 5.83. The molecule has 1 aromatic carbocycles. The van der Waals surface area contributed by atoms with E-state index < -0.39 is 10.0 Å². The number of anilines is 1. The summed E-state index contributed by atoms with van der Waals surface area (Å²) in [4.78, 5) is 0.0636. The third kappa shape index (κ3) is 3.65. The summed E-state index contributed by atoms with van der Waals surface area (Å²) < 4.78 is 27.1. The molecule has 0 bridgehead atoms. The van der Waals surface area contributed by atoms with Crippen molar-refractivity contribution in [3.05, 3.63) is 22.7 Å². The maximum Gasteiger partial charge on any atom is 0.242 e. The Kier molecular flexibility index (Phi) is 4.94. The summed E-state index contributed by atoms with van der Waals surface area (Å²) in [5.41, 5.74) is 6.98. The lowest BCUT2D eigenvalue weighted by Crippen LogP contribution is -2.26. The minimum atomic E-state index is -3.58. The van der Waals surface area contributed by atoms with Gasteiger partial charge in [0.15, 0.2) is 0 Å². The molecule has 1 fully saturated rings. The molecule has 0 heterocycles. The van der Waals surface area contributed by atoms with Gasteiger partial charge in [0.2, 0.25) is 10.0 Å². The van der Waals surface area contributed by atoms with Crippen molar-refractivity contribution in [2.24, 2.45) is 5.92 Å². The average molecular weight is 317 g/mol. The van der Waals surface area contributed by atoms with Crippen molar-refractivity contribution in [2.75, 3.05) is 12.3 Å². The first kappa shape index (κ1) is 15.6. The summed E-state index contributed by atoms with van der Waals surface area (Å²) in [5, 5.41) is 0.213. The van der Waals surface area contributed by atoms with Gasteiger partial charge in [-0.3, -0.25) is 0 Å². The molecular formula is C14H21ClN2O2S. The van der Waals surface area contributed by atoms with Gasteiger partial charge in [-0.1, -0.05) is 37.3 Å². The molecule has 4 nitrogen and oxygen atoms in total. The van der Waals surface area contributed by atoms with E-state index in [0.29, 0.717) is 18.2 Å². The van der Waals surface area contributed by atoms with Crippen LogP contribution in [-0.2, 0) is 10.0 Å². The number of hydrogen-bond donors (Lipinski definition) is 2. The fourth-order valence-electron chi connectivity index (χ4n) is 2.65. The molecule has 3 N–H and O–H groups in total. The second-order valence-corrected chi connectivity index (χ2v) is 7.62. The molecule has 0 aromatic heterocycles. The van der Waals surface area contributed by atoms with Crippen molar-refractivity contribution in [1.82, 2.24) is 4.72 Å². The van der Waals surface area contributed by atoms with Crippen LogP contribution in [0.15, 0.2) is 17.0 Å². The van der Waals surface area contributed by atoms with Crippen LogP contribution >= 0.6 is 11.6 Å². The second-order valence-electron chi connectivity index (χ2n) is 5.48. The number of sulfonamides is 1. The lowest BCUT2D eigenvalue weighted by atomic mass is 10.1. The van der Waals surface area contributed by atoms with Crippen LogP contribution in [0.1, 0.15) is 37.7 Å². The Hall–Kier alpha value is -0.780. The first-order chi connectivity index (χ1) is 9.40. The lowest BCUT2D eigenvalue weighted by Gasteiger charge is -2.12. The number of rotatable bonds is 5. The van der Waals surface area contributed by atoms with Crippen molar-refractivity contribution in [2.45, 2.75) is 43.9 Å². The summed E-state index contributed by atoms with van der Waals surface area (Å²) in [6.45, 7) is 2.25. The largest absolute Gasteiger partial charge is 0.398 e. The van der Waals surface area contributed by atoms with E-state index in [4.69, 9.17) is 17.3 Å². The summed E-state index contributed by atoms with van der Waals surface area (Å²) in [7, 11) is -3.58. The van der Waals surface area contributed by atoms with Crippen molar-refractivity contribution in [3.8, 4) is 0 Å². The molecular weight excluding hydrogens is 296 g/mol. The molecule has 0 unspecified atom stereocenters. The molecule has 0 radical (unpaired) electrons. The molecule has 1 saturated carbocycles. The van der Waals surface area contributed by atoms with Gasteiger partial charge in [-0.05, 0) is 37.0 Å². The summed E-state index contributed by atoms with van der Waals surface area (Å²) in [5.74, 6) is 0.649. The normalized spacial score (nSPS) is 16.7. The van der Waals surface area contributed by atoms with E-state index in [-0.39, 0.29) is 9.92 Å². The molecule has 20 heavy (non-hydrogen) atoms. The van der Waals surface area contributed by atoms with E-state index in [0.717, 1.165) is 12.0 Å². The number of halogens is 1. The number of hydrogen-bond acceptors (Lipinski definition) is 3. The Morgan fingerprint density at radius 1 is 1.35 bits per heavy atom. The molecule has 1 aromatic rings. The third-order valence-electron chi connectivity index (χ3n) is 3.93. The van der Waals surface area contributed by atoms with Crippen molar-refractivity contribution >= 4 is 27.3 Å². The van der Waals surface area contributed by atoms with Gasteiger partial charge in [-0.25, -0.2) is 13.1 Å². The molecule has 2 rings (SSSR count). The zero-order chi connectivity index (χ0) is 14.8. The molecule has 1 aliphatic rings. The van der Waals surface area contributed by atoms with Crippen molar-refractivity contribution in [1.29, 1.82) is 0 Å². The highest BCUT2D eigenvalue weighted by molar-refractivity contribution is 7.89. The van der Waals surface area contributed by atoms with Gasteiger partial charge in [0.05, 0.1) is 5.02 Å². The Balaban J connectivity index is 2.04. The van der Waals surface area contributed by atoms with E-state index in [2.05, 4.69) is 4.72 Å². The number of nitrogens with one attached hydrogen (secondary N) is 1. The SMILES string of the molecule is Cc1cc(Cl)c(S(=O)(=O)NCCC2CCCC2)cc1N. The zero-order valence-electron chi connectivity index (χ0n) is 11.7. The van der Waals surface area contributed by atoms with Crippen LogP contribution in [0.5, 0.6) is 0 Å². The number of benzene rings is 1. The highest BCUT2D eigenvalue weighted by Crippen LogP contribution is 2.28.